The third-order valence-electron chi connectivity index (χ3n) is 3.21. The van der Waals surface area contributed by atoms with Gasteiger partial charge in [-0.2, -0.15) is 0 Å². The largest absolute Gasteiger partial charge is 0.370 e. The molecule has 1 aromatic carbocycles. The molecule has 2 aromatic rings. The monoisotopic (exact) mass is 271 g/mol. The zero-order valence-electron chi connectivity index (χ0n) is 11.3. The summed E-state index contributed by atoms with van der Waals surface area (Å²) in [7, 11) is 0. The van der Waals surface area contributed by atoms with Crippen LogP contribution in [0.5, 0.6) is 0 Å². The number of anilines is 1. The lowest BCUT2D eigenvalue weighted by molar-refractivity contribution is -0.384. The van der Waals surface area contributed by atoms with Crippen molar-refractivity contribution < 1.29 is 4.92 Å². The second-order valence-corrected chi connectivity index (χ2v) is 4.68. The molecule has 104 valence electrons. The van der Waals surface area contributed by atoms with Gasteiger partial charge in [-0.1, -0.05) is 37.3 Å². The summed E-state index contributed by atoms with van der Waals surface area (Å²) in [6.07, 6.45) is 2.38. The first-order valence-corrected chi connectivity index (χ1v) is 6.56. The lowest BCUT2D eigenvalue weighted by Gasteiger charge is -2.12. The number of nitro groups is 1. The highest BCUT2D eigenvalue weighted by atomic mass is 16.6. The molecule has 0 aliphatic heterocycles. The smallest absolute Gasteiger partial charge is 0.274 e. The maximum atomic E-state index is 10.7. The molecule has 1 N–H and O–H groups in total. The average Bonchev–Trinajstić information content (AvgIpc) is 2.48. The molecule has 0 fully saturated rings. The van der Waals surface area contributed by atoms with Crippen LogP contribution in [0.4, 0.5) is 11.5 Å². The van der Waals surface area contributed by atoms with Crippen LogP contribution in [0.25, 0.3) is 0 Å². The highest BCUT2D eigenvalue weighted by molar-refractivity contribution is 5.44. The second kappa shape index (κ2) is 6.65. The Kier molecular flexibility index (Phi) is 4.65. The van der Waals surface area contributed by atoms with Gasteiger partial charge in [-0.3, -0.25) is 10.1 Å². The SMILES string of the molecule is CC(CCNc1cc([N+](=O)[O-])ccn1)c1ccccc1. The van der Waals surface area contributed by atoms with E-state index in [-0.39, 0.29) is 5.69 Å². The Hall–Kier alpha value is -2.43. The minimum absolute atomic E-state index is 0.0543. The van der Waals surface area contributed by atoms with Crippen molar-refractivity contribution in [1.29, 1.82) is 0 Å². The van der Waals surface area contributed by atoms with Gasteiger partial charge in [-0.15, -0.1) is 0 Å². The van der Waals surface area contributed by atoms with Crippen LogP contribution in [0.15, 0.2) is 48.7 Å². The lowest BCUT2D eigenvalue weighted by atomic mass is 9.98. The van der Waals surface area contributed by atoms with E-state index < -0.39 is 4.92 Å². The van der Waals surface area contributed by atoms with Crippen LogP contribution in [0.1, 0.15) is 24.8 Å². The van der Waals surface area contributed by atoms with Crippen molar-refractivity contribution in [2.24, 2.45) is 0 Å². The molecule has 0 aliphatic rings. The van der Waals surface area contributed by atoms with Crippen LogP contribution < -0.4 is 5.32 Å². The summed E-state index contributed by atoms with van der Waals surface area (Å²) in [6, 6.07) is 13.1. The Morgan fingerprint density at radius 3 is 2.75 bits per heavy atom. The molecule has 1 heterocycles. The number of nitrogens with one attached hydrogen (secondary N) is 1. The molecule has 0 spiro atoms. The summed E-state index contributed by atoms with van der Waals surface area (Å²) in [6.45, 7) is 2.89. The Morgan fingerprint density at radius 1 is 1.30 bits per heavy atom. The van der Waals surface area contributed by atoms with Crippen molar-refractivity contribution >= 4 is 11.5 Å². The number of aromatic nitrogens is 1. The zero-order chi connectivity index (χ0) is 14.4. The number of hydrogen-bond donors (Lipinski definition) is 1. The van der Waals surface area contributed by atoms with Gasteiger partial charge in [0.2, 0.25) is 0 Å². The summed E-state index contributed by atoms with van der Waals surface area (Å²) >= 11 is 0. The van der Waals surface area contributed by atoms with Gasteiger partial charge >= 0.3 is 0 Å². The van der Waals surface area contributed by atoms with Gasteiger partial charge in [0.05, 0.1) is 11.0 Å². The average molecular weight is 271 g/mol. The van der Waals surface area contributed by atoms with Crippen LogP contribution in [-0.2, 0) is 0 Å². The normalized spacial score (nSPS) is 11.8. The quantitative estimate of drug-likeness (QED) is 0.644. The Bertz CT molecular complexity index is 572. The van der Waals surface area contributed by atoms with Crippen LogP contribution in [0.3, 0.4) is 0 Å². The van der Waals surface area contributed by atoms with Gasteiger partial charge in [0.25, 0.3) is 5.69 Å². The highest BCUT2D eigenvalue weighted by Gasteiger charge is 2.07. The van der Waals surface area contributed by atoms with Crippen LogP contribution in [0, 0.1) is 10.1 Å². The van der Waals surface area contributed by atoms with Gasteiger partial charge in [-0.05, 0) is 17.9 Å². The van der Waals surface area contributed by atoms with Gasteiger partial charge in [0.15, 0.2) is 0 Å². The molecule has 20 heavy (non-hydrogen) atoms. The maximum Gasteiger partial charge on any atom is 0.274 e. The molecule has 5 nitrogen and oxygen atoms in total. The molecule has 0 bridgehead atoms. The Morgan fingerprint density at radius 2 is 2.05 bits per heavy atom. The highest BCUT2D eigenvalue weighted by Crippen LogP contribution is 2.19. The molecule has 0 amide bonds. The third-order valence-corrected chi connectivity index (χ3v) is 3.21. The second-order valence-electron chi connectivity index (χ2n) is 4.68. The fraction of sp³-hybridized carbons (Fsp3) is 0.267. The van der Waals surface area contributed by atoms with Crippen LogP contribution >= 0.6 is 0 Å². The van der Waals surface area contributed by atoms with Crippen LogP contribution in [-0.4, -0.2) is 16.5 Å². The van der Waals surface area contributed by atoms with E-state index in [1.54, 1.807) is 0 Å². The first kappa shape index (κ1) is 14.0. The molecule has 0 radical (unpaired) electrons. The van der Waals surface area contributed by atoms with Crippen molar-refractivity contribution in [3.63, 3.8) is 0 Å². The maximum absolute atomic E-state index is 10.7. The van der Waals surface area contributed by atoms with Gasteiger partial charge in [-0.25, -0.2) is 4.98 Å². The van der Waals surface area contributed by atoms with Crippen molar-refractivity contribution in [2.45, 2.75) is 19.3 Å². The molecule has 0 aliphatic carbocycles. The summed E-state index contributed by atoms with van der Waals surface area (Å²) in [5.41, 5.74) is 1.35. The molecular formula is C15H17N3O2. The number of hydrogen-bond acceptors (Lipinski definition) is 4. The fourth-order valence-electron chi connectivity index (χ4n) is 1.99. The first-order valence-electron chi connectivity index (χ1n) is 6.56. The third kappa shape index (κ3) is 3.78. The zero-order valence-corrected chi connectivity index (χ0v) is 11.3. The van der Waals surface area contributed by atoms with E-state index in [1.165, 1.54) is 23.9 Å². The van der Waals surface area contributed by atoms with Crippen molar-refractivity contribution in [3.8, 4) is 0 Å². The van der Waals surface area contributed by atoms with Gasteiger partial charge in [0, 0.05) is 18.8 Å². The molecule has 1 unspecified atom stereocenters. The first-order chi connectivity index (χ1) is 9.66. The topological polar surface area (TPSA) is 68.1 Å². The number of benzene rings is 1. The lowest BCUT2D eigenvalue weighted by Crippen LogP contribution is -2.07. The molecule has 5 heteroatoms. The van der Waals surface area contributed by atoms with Crippen molar-refractivity contribution in [2.75, 3.05) is 11.9 Å². The minimum atomic E-state index is -0.417. The molecule has 1 aromatic heterocycles. The van der Waals surface area contributed by atoms with Crippen molar-refractivity contribution in [3.05, 3.63) is 64.3 Å². The summed E-state index contributed by atoms with van der Waals surface area (Å²) in [5, 5.41) is 13.8. The number of rotatable bonds is 6. The Balaban J connectivity index is 1.87. The van der Waals surface area contributed by atoms with Gasteiger partial charge in [0.1, 0.15) is 5.82 Å². The Labute approximate surface area is 117 Å². The molecular weight excluding hydrogens is 254 g/mol. The fourth-order valence-corrected chi connectivity index (χ4v) is 1.99. The number of pyridine rings is 1. The standard InChI is InChI=1S/C15H17N3O2/c1-12(13-5-3-2-4-6-13)7-9-16-15-11-14(18(19)20)8-10-17-15/h2-6,8,10-12H,7,9H2,1H3,(H,16,17). The van der Waals surface area contributed by atoms with Gasteiger partial charge < -0.3 is 5.32 Å². The summed E-state index contributed by atoms with van der Waals surface area (Å²) in [4.78, 5) is 14.3. The van der Waals surface area contributed by atoms with E-state index >= 15 is 0 Å². The summed E-state index contributed by atoms with van der Waals surface area (Å²) < 4.78 is 0. The molecule has 0 saturated carbocycles. The van der Waals surface area contributed by atoms with E-state index in [1.807, 2.05) is 18.2 Å². The molecule has 0 saturated heterocycles. The molecule has 1 atom stereocenters. The summed E-state index contributed by atoms with van der Waals surface area (Å²) in [5.74, 6) is 0.974. The van der Waals surface area contributed by atoms with E-state index in [4.69, 9.17) is 0 Å². The molecule has 2 rings (SSSR count). The predicted octanol–water partition coefficient (Wildman–Crippen LogP) is 3.60. The number of nitrogens with zero attached hydrogens (tertiary/aromatic N) is 2. The minimum Gasteiger partial charge on any atom is -0.370 e. The van der Waals surface area contributed by atoms with E-state index in [2.05, 4.69) is 29.4 Å². The van der Waals surface area contributed by atoms with E-state index in [0.29, 0.717) is 11.7 Å². The van der Waals surface area contributed by atoms with E-state index in [0.717, 1.165) is 13.0 Å². The van der Waals surface area contributed by atoms with Crippen LogP contribution in [0.2, 0.25) is 0 Å². The predicted molar refractivity (Wildman–Crippen MR) is 78.9 cm³/mol. The van der Waals surface area contributed by atoms with Crippen molar-refractivity contribution in [1.82, 2.24) is 4.98 Å². The van der Waals surface area contributed by atoms with E-state index in [9.17, 15) is 10.1 Å².